The van der Waals surface area contributed by atoms with Crippen LogP contribution in [0.15, 0.2) is 36.4 Å². The van der Waals surface area contributed by atoms with Crippen LogP contribution in [-0.2, 0) is 12.6 Å². The van der Waals surface area contributed by atoms with Crippen molar-refractivity contribution < 1.29 is 22.4 Å². The van der Waals surface area contributed by atoms with E-state index in [1.54, 1.807) is 19.9 Å². The Kier molecular flexibility index (Phi) is 5.55. The van der Waals surface area contributed by atoms with Crippen LogP contribution in [0.3, 0.4) is 0 Å². The number of alkyl halides is 3. The van der Waals surface area contributed by atoms with Crippen molar-refractivity contribution in [1.82, 2.24) is 19.5 Å². The van der Waals surface area contributed by atoms with E-state index in [2.05, 4.69) is 10.1 Å². The molecule has 1 saturated heterocycles. The van der Waals surface area contributed by atoms with Gasteiger partial charge < -0.3 is 0 Å². The number of aromatic nitrogens is 3. The van der Waals surface area contributed by atoms with Crippen molar-refractivity contribution in [2.24, 2.45) is 0 Å². The Morgan fingerprint density at radius 1 is 1.23 bits per heavy atom. The van der Waals surface area contributed by atoms with E-state index in [1.165, 1.54) is 24.3 Å². The highest BCUT2D eigenvalue weighted by Gasteiger charge is 2.36. The van der Waals surface area contributed by atoms with Crippen molar-refractivity contribution in [2.45, 2.75) is 44.8 Å². The summed E-state index contributed by atoms with van der Waals surface area (Å²) < 4.78 is 54.5. The minimum Gasteiger partial charge on any atom is -0.293 e. The number of hydrogen-bond donors (Lipinski definition) is 0. The van der Waals surface area contributed by atoms with Gasteiger partial charge in [-0.15, -0.1) is 0 Å². The van der Waals surface area contributed by atoms with Crippen LogP contribution < -0.4 is 0 Å². The van der Waals surface area contributed by atoms with Crippen molar-refractivity contribution in [3.8, 4) is 0 Å². The number of carbonyl (C=O) groups excluding carboxylic acids is 1. The van der Waals surface area contributed by atoms with Gasteiger partial charge in [-0.1, -0.05) is 6.92 Å². The SMILES string of the molecule is CCc1cc(C(F)(F)F)n2nc([C@H]3CCN([C@@H](C)C(=O)c4ccc(F)cc4)C3)cc2n1. The lowest BCUT2D eigenvalue weighted by atomic mass is 10.0. The van der Waals surface area contributed by atoms with E-state index in [0.717, 1.165) is 10.6 Å². The number of fused-ring (bicyclic) bond motifs is 1. The predicted octanol–water partition coefficient (Wildman–Crippen LogP) is 4.51. The largest absolute Gasteiger partial charge is 0.433 e. The normalized spacial score (nSPS) is 18.6. The first kappa shape index (κ1) is 21.4. The molecule has 3 aromatic rings. The summed E-state index contributed by atoms with van der Waals surface area (Å²) in [5.41, 5.74) is 0.662. The van der Waals surface area contributed by atoms with Gasteiger partial charge in [0.25, 0.3) is 0 Å². The van der Waals surface area contributed by atoms with E-state index in [4.69, 9.17) is 0 Å². The average molecular weight is 434 g/mol. The molecule has 0 unspecified atom stereocenters. The Balaban J connectivity index is 1.56. The molecule has 1 aliphatic heterocycles. The Labute approximate surface area is 176 Å². The molecule has 164 valence electrons. The summed E-state index contributed by atoms with van der Waals surface area (Å²) in [5, 5.41) is 4.22. The number of hydrogen-bond acceptors (Lipinski definition) is 4. The zero-order valence-corrected chi connectivity index (χ0v) is 17.2. The van der Waals surface area contributed by atoms with Gasteiger partial charge in [0.2, 0.25) is 0 Å². The van der Waals surface area contributed by atoms with Crippen LogP contribution in [0.1, 0.15) is 53.6 Å². The Bertz CT molecular complexity index is 1110. The molecular formula is C22H22F4N4O. The molecule has 0 N–H and O–H groups in total. The highest BCUT2D eigenvalue weighted by Crippen LogP contribution is 2.33. The minimum atomic E-state index is -4.54. The topological polar surface area (TPSA) is 50.5 Å². The summed E-state index contributed by atoms with van der Waals surface area (Å²) in [7, 11) is 0. The number of benzene rings is 1. The van der Waals surface area contributed by atoms with E-state index in [-0.39, 0.29) is 17.3 Å². The third-order valence-electron chi connectivity index (χ3n) is 5.85. The fourth-order valence-electron chi connectivity index (χ4n) is 4.03. The summed E-state index contributed by atoms with van der Waals surface area (Å²) in [4.78, 5) is 19.0. The van der Waals surface area contributed by atoms with Crippen molar-refractivity contribution in [3.63, 3.8) is 0 Å². The molecule has 5 nitrogen and oxygen atoms in total. The van der Waals surface area contributed by atoms with Gasteiger partial charge in [0.05, 0.1) is 11.7 Å². The van der Waals surface area contributed by atoms with Crippen LogP contribution in [0, 0.1) is 5.82 Å². The van der Waals surface area contributed by atoms with Gasteiger partial charge >= 0.3 is 6.18 Å². The molecule has 0 radical (unpaired) electrons. The minimum absolute atomic E-state index is 0.101. The molecule has 31 heavy (non-hydrogen) atoms. The summed E-state index contributed by atoms with van der Waals surface area (Å²) in [6.45, 7) is 4.66. The lowest BCUT2D eigenvalue weighted by Gasteiger charge is -2.23. The summed E-state index contributed by atoms with van der Waals surface area (Å²) in [6, 6.07) is 7.63. The standard InChI is InChI=1S/C22H22F4N4O/c1-3-17-10-19(22(24,25)26)30-20(27-17)11-18(28-30)15-8-9-29(12-15)13(2)21(31)14-4-6-16(23)7-5-14/h4-7,10-11,13,15H,3,8-9,12H2,1-2H3/t13-,15-/m0/s1. The number of likely N-dealkylation sites (tertiary alicyclic amines) is 1. The first-order chi connectivity index (χ1) is 14.7. The number of ketones is 1. The van der Waals surface area contributed by atoms with Gasteiger partial charge in [-0.3, -0.25) is 9.69 Å². The second kappa shape index (κ2) is 8.03. The van der Waals surface area contributed by atoms with Crippen molar-refractivity contribution in [2.75, 3.05) is 13.1 Å². The fraction of sp³-hybridized carbons (Fsp3) is 0.409. The number of carbonyl (C=O) groups is 1. The Morgan fingerprint density at radius 3 is 2.58 bits per heavy atom. The lowest BCUT2D eigenvalue weighted by molar-refractivity contribution is -0.142. The number of rotatable bonds is 5. The number of nitrogens with zero attached hydrogens (tertiary/aromatic N) is 4. The number of halogens is 4. The van der Waals surface area contributed by atoms with E-state index in [9.17, 15) is 22.4 Å². The molecule has 0 bridgehead atoms. The van der Waals surface area contributed by atoms with Crippen molar-refractivity contribution in [1.29, 1.82) is 0 Å². The molecule has 1 fully saturated rings. The van der Waals surface area contributed by atoms with Crippen LogP contribution in [-0.4, -0.2) is 44.4 Å². The third-order valence-corrected chi connectivity index (χ3v) is 5.85. The molecule has 1 aliphatic rings. The zero-order chi connectivity index (χ0) is 22.3. The second-order valence-electron chi connectivity index (χ2n) is 7.85. The van der Waals surface area contributed by atoms with Gasteiger partial charge in [-0.05, 0) is 56.6 Å². The molecule has 4 rings (SSSR count). The second-order valence-corrected chi connectivity index (χ2v) is 7.85. The fourth-order valence-corrected chi connectivity index (χ4v) is 4.03. The molecular weight excluding hydrogens is 412 g/mol. The number of Topliss-reactive ketones (excluding diaryl/α,β-unsaturated/α-hetero) is 1. The monoisotopic (exact) mass is 434 g/mol. The first-order valence-corrected chi connectivity index (χ1v) is 10.2. The summed E-state index contributed by atoms with van der Waals surface area (Å²) in [5.74, 6) is -0.629. The molecule has 0 saturated carbocycles. The van der Waals surface area contributed by atoms with E-state index < -0.39 is 23.7 Å². The van der Waals surface area contributed by atoms with E-state index >= 15 is 0 Å². The lowest BCUT2D eigenvalue weighted by Crippen LogP contribution is -2.37. The van der Waals surface area contributed by atoms with Crippen LogP contribution >= 0.6 is 0 Å². The smallest absolute Gasteiger partial charge is 0.293 e. The predicted molar refractivity (Wildman–Crippen MR) is 106 cm³/mol. The van der Waals surface area contributed by atoms with Crippen LogP contribution in [0.4, 0.5) is 17.6 Å². The highest BCUT2D eigenvalue weighted by atomic mass is 19.4. The Morgan fingerprint density at radius 2 is 1.94 bits per heavy atom. The van der Waals surface area contributed by atoms with Crippen LogP contribution in [0.2, 0.25) is 0 Å². The first-order valence-electron chi connectivity index (χ1n) is 10.2. The highest BCUT2D eigenvalue weighted by molar-refractivity contribution is 5.99. The maximum Gasteiger partial charge on any atom is 0.433 e. The van der Waals surface area contributed by atoms with Crippen LogP contribution in [0.5, 0.6) is 0 Å². The van der Waals surface area contributed by atoms with E-state index in [1.807, 2.05) is 4.90 Å². The molecule has 2 aromatic heterocycles. The number of aryl methyl sites for hydroxylation is 1. The van der Waals surface area contributed by atoms with Gasteiger partial charge in [0.1, 0.15) is 11.5 Å². The van der Waals surface area contributed by atoms with Gasteiger partial charge in [-0.2, -0.15) is 18.3 Å². The van der Waals surface area contributed by atoms with Crippen LogP contribution in [0.25, 0.3) is 5.65 Å². The maximum atomic E-state index is 13.5. The van der Waals surface area contributed by atoms with Gasteiger partial charge in [-0.25, -0.2) is 13.9 Å². The average Bonchev–Trinajstić information content (AvgIpc) is 3.38. The Hall–Kier alpha value is -2.81. The van der Waals surface area contributed by atoms with Gasteiger partial charge in [0, 0.05) is 29.8 Å². The molecule has 9 heteroatoms. The summed E-state index contributed by atoms with van der Waals surface area (Å²) in [6.07, 6.45) is -3.47. The van der Waals surface area contributed by atoms with Gasteiger partial charge in [0.15, 0.2) is 11.4 Å². The maximum absolute atomic E-state index is 13.5. The molecule has 3 heterocycles. The molecule has 0 aliphatic carbocycles. The van der Waals surface area contributed by atoms with Crippen molar-refractivity contribution in [3.05, 3.63) is 64.9 Å². The third kappa shape index (κ3) is 4.19. The quantitative estimate of drug-likeness (QED) is 0.438. The molecule has 2 atom stereocenters. The molecule has 1 aromatic carbocycles. The molecule has 0 amide bonds. The van der Waals surface area contributed by atoms with Crippen molar-refractivity contribution >= 4 is 11.4 Å². The molecule has 0 spiro atoms. The van der Waals surface area contributed by atoms with E-state index in [0.29, 0.717) is 42.9 Å². The zero-order valence-electron chi connectivity index (χ0n) is 17.2. The summed E-state index contributed by atoms with van der Waals surface area (Å²) >= 11 is 0.